The number of benzene rings is 1. The number of carbonyl (C=O) groups excluding carboxylic acids is 1. The highest BCUT2D eigenvalue weighted by molar-refractivity contribution is 6.18. The van der Waals surface area contributed by atoms with Crippen LogP contribution < -0.4 is 4.90 Å². The summed E-state index contributed by atoms with van der Waals surface area (Å²) in [6, 6.07) is 7.85. The molecule has 0 radical (unpaired) electrons. The number of hydrogen-bond acceptors (Lipinski definition) is 3. The molecule has 0 N–H and O–H groups in total. The molecule has 4 nitrogen and oxygen atoms in total. The number of nitrogens with zero attached hydrogens (tertiary/aromatic N) is 2. The number of rotatable bonds is 2. The molecule has 0 saturated carbocycles. The third-order valence-corrected chi connectivity index (χ3v) is 3.37. The lowest BCUT2D eigenvalue weighted by Gasteiger charge is -2.09. The van der Waals surface area contributed by atoms with Crippen molar-refractivity contribution in [3.8, 4) is 0 Å². The molecule has 5 heteroatoms. The van der Waals surface area contributed by atoms with Gasteiger partial charge in [0, 0.05) is 18.8 Å². The van der Waals surface area contributed by atoms with E-state index >= 15 is 0 Å². The van der Waals surface area contributed by atoms with Crippen LogP contribution in [0.5, 0.6) is 0 Å². The van der Waals surface area contributed by atoms with Crippen LogP contribution in [0.1, 0.15) is 6.42 Å². The van der Waals surface area contributed by atoms with Gasteiger partial charge in [0.15, 0.2) is 5.58 Å². The Morgan fingerprint density at radius 2 is 2.29 bits per heavy atom. The number of amides is 1. The summed E-state index contributed by atoms with van der Waals surface area (Å²) in [5.74, 6) is 0.712. The Hall–Kier alpha value is -1.55. The molecular formula is C12H11ClN2O2. The van der Waals surface area contributed by atoms with Crippen molar-refractivity contribution in [3.63, 3.8) is 0 Å². The predicted molar refractivity (Wildman–Crippen MR) is 65.2 cm³/mol. The SMILES string of the molecule is O=C1CC(CCl)CN1c1nc2ccccc2o1. The Morgan fingerprint density at radius 3 is 3.00 bits per heavy atom. The molecule has 1 saturated heterocycles. The molecule has 0 aliphatic carbocycles. The van der Waals surface area contributed by atoms with Crippen LogP contribution in [0.15, 0.2) is 28.7 Å². The number of para-hydroxylation sites is 2. The van der Waals surface area contributed by atoms with E-state index in [-0.39, 0.29) is 11.8 Å². The number of anilines is 1. The van der Waals surface area contributed by atoms with Crippen LogP contribution in [0, 0.1) is 5.92 Å². The molecule has 0 spiro atoms. The zero-order valence-electron chi connectivity index (χ0n) is 9.10. The molecule has 1 unspecified atom stereocenters. The van der Waals surface area contributed by atoms with Crippen molar-refractivity contribution in [2.45, 2.75) is 6.42 Å². The van der Waals surface area contributed by atoms with Gasteiger partial charge < -0.3 is 4.42 Å². The van der Waals surface area contributed by atoms with E-state index in [0.29, 0.717) is 30.4 Å². The molecule has 1 atom stereocenters. The normalized spacial score (nSPS) is 20.4. The van der Waals surface area contributed by atoms with E-state index in [1.54, 1.807) is 4.90 Å². The third-order valence-electron chi connectivity index (χ3n) is 2.94. The van der Waals surface area contributed by atoms with Crippen molar-refractivity contribution < 1.29 is 9.21 Å². The fourth-order valence-corrected chi connectivity index (χ4v) is 2.25. The third kappa shape index (κ3) is 1.78. The van der Waals surface area contributed by atoms with Gasteiger partial charge in [0.25, 0.3) is 0 Å². The van der Waals surface area contributed by atoms with Gasteiger partial charge in [-0.3, -0.25) is 9.69 Å². The molecule has 1 fully saturated rings. The number of oxazole rings is 1. The number of carbonyl (C=O) groups is 1. The smallest absolute Gasteiger partial charge is 0.305 e. The average molecular weight is 251 g/mol. The average Bonchev–Trinajstić information content (AvgIpc) is 2.91. The van der Waals surface area contributed by atoms with Gasteiger partial charge in [-0.25, -0.2) is 0 Å². The zero-order valence-corrected chi connectivity index (χ0v) is 9.85. The van der Waals surface area contributed by atoms with Crippen molar-refractivity contribution in [1.82, 2.24) is 4.98 Å². The molecule has 2 heterocycles. The molecule has 1 aromatic carbocycles. The highest BCUT2D eigenvalue weighted by Crippen LogP contribution is 2.27. The summed E-state index contributed by atoms with van der Waals surface area (Å²) >= 11 is 5.77. The van der Waals surface area contributed by atoms with Gasteiger partial charge >= 0.3 is 6.01 Å². The first-order valence-corrected chi connectivity index (χ1v) is 6.03. The quantitative estimate of drug-likeness (QED) is 0.769. The molecule has 1 aliphatic rings. The Labute approximate surface area is 103 Å². The van der Waals surface area contributed by atoms with Crippen LogP contribution in [0.25, 0.3) is 11.1 Å². The maximum atomic E-state index is 11.8. The van der Waals surface area contributed by atoms with Crippen molar-refractivity contribution in [2.75, 3.05) is 17.3 Å². The van der Waals surface area contributed by atoms with E-state index in [1.807, 2.05) is 24.3 Å². The molecule has 3 rings (SSSR count). The maximum Gasteiger partial charge on any atom is 0.305 e. The van der Waals surface area contributed by atoms with Crippen molar-refractivity contribution in [3.05, 3.63) is 24.3 Å². The number of fused-ring (bicyclic) bond motifs is 1. The lowest BCUT2D eigenvalue weighted by molar-refractivity contribution is -0.117. The summed E-state index contributed by atoms with van der Waals surface area (Å²) in [5.41, 5.74) is 1.47. The van der Waals surface area contributed by atoms with E-state index in [9.17, 15) is 4.79 Å². The molecule has 2 aromatic rings. The molecule has 1 aromatic heterocycles. The first-order valence-electron chi connectivity index (χ1n) is 5.50. The topological polar surface area (TPSA) is 46.3 Å². The van der Waals surface area contributed by atoms with E-state index in [2.05, 4.69) is 4.98 Å². The van der Waals surface area contributed by atoms with Crippen LogP contribution in [-0.4, -0.2) is 23.3 Å². The lowest BCUT2D eigenvalue weighted by atomic mass is 10.2. The number of alkyl halides is 1. The van der Waals surface area contributed by atoms with Gasteiger partial charge in [0.05, 0.1) is 0 Å². The van der Waals surface area contributed by atoms with Crippen LogP contribution in [0.3, 0.4) is 0 Å². The van der Waals surface area contributed by atoms with E-state index in [4.69, 9.17) is 16.0 Å². The Morgan fingerprint density at radius 1 is 1.47 bits per heavy atom. The first kappa shape index (κ1) is 10.6. The largest absolute Gasteiger partial charge is 0.423 e. The summed E-state index contributed by atoms with van der Waals surface area (Å²) in [7, 11) is 0. The fourth-order valence-electron chi connectivity index (χ4n) is 2.05. The highest BCUT2D eigenvalue weighted by Gasteiger charge is 2.32. The summed E-state index contributed by atoms with van der Waals surface area (Å²) in [6.07, 6.45) is 0.474. The van der Waals surface area contributed by atoms with E-state index < -0.39 is 0 Å². The summed E-state index contributed by atoms with van der Waals surface area (Å²) in [4.78, 5) is 17.7. The molecule has 0 bridgehead atoms. The van der Waals surface area contributed by atoms with E-state index in [0.717, 1.165) is 5.52 Å². The van der Waals surface area contributed by atoms with Crippen LogP contribution in [0.4, 0.5) is 6.01 Å². The molecule has 1 aliphatic heterocycles. The van der Waals surface area contributed by atoms with Gasteiger partial charge in [-0.05, 0) is 18.1 Å². The lowest BCUT2D eigenvalue weighted by Crippen LogP contribution is -2.24. The van der Waals surface area contributed by atoms with Crippen LogP contribution in [0.2, 0.25) is 0 Å². The standard InChI is InChI=1S/C12H11ClN2O2/c13-6-8-5-11(16)15(7-8)12-14-9-3-1-2-4-10(9)17-12/h1-4,8H,5-7H2. The Kier molecular flexibility index (Phi) is 2.52. The van der Waals surface area contributed by atoms with E-state index in [1.165, 1.54) is 0 Å². The molecule has 1 amide bonds. The molecule has 17 heavy (non-hydrogen) atoms. The van der Waals surface area contributed by atoms with Gasteiger partial charge in [0.2, 0.25) is 5.91 Å². The minimum atomic E-state index is 0.0298. The van der Waals surface area contributed by atoms with Gasteiger partial charge in [-0.15, -0.1) is 11.6 Å². The monoisotopic (exact) mass is 250 g/mol. The summed E-state index contributed by atoms with van der Waals surface area (Å²) in [5, 5.41) is 0. The Balaban J connectivity index is 1.96. The second kappa shape index (κ2) is 4.04. The maximum absolute atomic E-state index is 11.8. The first-order chi connectivity index (χ1) is 8.28. The predicted octanol–water partition coefficient (Wildman–Crippen LogP) is 2.42. The van der Waals surface area contributed by atoms with Crippen molar-refractivity contribution in [2.24, 2.45) is 5.92 Å². The van der Waals surface area contributed by atoms with Gasteiger partial charge in [0.1, 0.15) is 5.52 Å². The van der Waals surface area contributed by atoms with Gasteiger partial charge in [-0.1, -0.05) is 12.1 Å². The second-order valence-corrected chi connectivity index (χ2v) is 4.50. The van der Waals surface area contributed by atoms with Gasteiger partial charge in [-0.2, -0.15) is 4.98 Å². The summed E-state index contributed by atoms with van der Waals surface area (Å²) < 4.78 is 5.57. The highest BCUT2D eigenvalue weighted by atomic mass is 35.5. The van der Waals surface area contributed by atoms with Crippen LogP contribution in [-0.2, 0) is 4.79 Å². The number of hydrogen-bond donors (Lipinski definition) is 0. The Bertz CT molecular complexity index is 533. The number of aromatic nitrogens is 1. The minimum absolute atomic E-state index is 0.0298. The van der Waals surface area contributed by atoms with Crippen molar-refractivity contribution in [1.29, 1.82) is 0 Å². The molecular weight excluding hydrogens is 240 g/mol. The minimum Gasteiger partial charge on any atom is -0.423 e. The van der Waals surface area contributed by atoms with Crippen LogP contribution >= 0.6 is 11.6 Å². The zero-order chi connectivity index (χ0) is 11.8. The summed E-state index contributed by atoms with van der Waals surface area (Å²) in [6.45, 7) is 0.592. The van der Waals surface area contributed by atoms with Crippen molar-refractivity contribution >= 4 is 34.6 Å². The second-order valence-electron chi connectivity index (χ2n) is 4.19. The number of halogens is 1. The molecule has 88 valence electrons. The fraction of sp³-hybridized carbons (Fsp3) is 0.333.